The number of hydrogen-bond acceptors (Lipinski definition) is 6. The van der Waals surface area contributed by atoms with E-state index in [1.807, 2.05) is 22.8 Å². The van der Waals surface area contributed by atoms with E-state index in [0.717, 1.165) is 10.9 Å². The van der Waals surface area contributed by atoms with Gasteiger partial charge in [0.15, 0.2) is 6.61 Å². The Labute approximate surface area is 146 Å². The fourth-order valence-corrected chi connectivity index (χ4v) is 2.43. The molecule has 0 aliphatic heterocycles. The smallest absolute Gasteiger partial charge is 0.341 e. The highest BCUT2D eigenvalue weighted by atomic mass is 32.1. The average Bonchev–Trinajstić information content (AvgIpc) is 3.11. The largest absolute Gasteiger partial charge is 0.497 e. The number of halogens is 1. The fraction of sp³-hybridized carbons (Fsp3) is 0.188. The van der Waals surface area contributed by atoms with Crippen molar-refractivity contribution in [3.8, 4) is 5.75 Å². The Kier molecular flexibility index (Phi) is 6.47. The van der Waals surface area contributed by atoms with Crippen LogP contribution in [0.4, 0.5) is 9.18 Å². The van der Waals surface area contributed by atoms with Crippen LogP contribution in [0.25, 0.3) is 0 Å². The van der Waals surface area contributed by atoms with Crippen LogP contribution in [0.5, 0.6) is 5.75 Å². The molecule has 3 amide bonds. The third kappa shape index (κ3) is 5.57. The number of hydrogen-bond donors (Lipinski definition) is 2. The van der Waals surface area contributed by atoms with E-state index >= 15 is 0 Å². The van der Waals surface area contributed by atoms with Crippen LogP contribution in [0, 0.1) is 5.82 Å². The van der Waals surface area contributed by atoms with Gasteiger partial charge in [-0.1, -0.05) is 6.07 Å². The van der Waals surface area contributed by atoms with Crippen molar-refractivity contribution >= 4 is 29.2 Å². The van der Waals surface area contributed by atoms with Crippen molar-refractivity contribution in [3.63, 3.8) is 0 Å². The van der Waals surface area contributed by atoms with Crippen LogP contribution in [0.1, 0.15) is 15.2 Å². The number of methoxy groups -OCH3 is 1. The molecule has 7 nitrogen and oxygen atoms in total. The molecule has 0 spiro atoms. The van der Waals surface area contributed by atoms with Crippen LogP contribution in [0.3, 0.4) is 0 Å². The molecule has 1 aromatic heterocycles. The summed E-state index contributed by atoms with van der Waals surface area (Å²) >= 11 is 1.46. The molecule has 2 N–H and O–H groups in total. The predicted octanol–water partition coefficient (Wildman–Crippen LogP) is 2.08. The lowest BCUT2D eigenvalue weighted by Crippen LogP contribution is -2.41. The molecule has 0 unspecified atom stereocenters. The van der Waals surface area contributed by atoms with E-state index in [1.54, 1.807) is 0 Å². The van der Waals surface area contributed by atoms with E-state index in [9.17, 15) is 18.8 Å². The summed E-state index contributed by atoms with van der Waals surface area (Å²) in [5.74, 6) is -2.44. The minimum Gasteiger partial charge on any atom is -0.497 e. The number of carbonyl (C=O) groups is 3. The summed E-state index contributed by atoms with van der Waals surface area (Å²) in [6.45, 7) is -0.440. The Morgan fingerprint density at radius 1 is 1.24 bits per heavy atom. The molecule has 0 aliphatic carbocycles. The molecule has 2 aromatic rings. The van der Waals surface area contributed by atoms with Gasteiger partial charge in [-0.2, -0.15) is 0 Å². The van der Waals surface area contributed by atoms with Crippen LogP contribution >= 0.6 is 11.3 Å². The summed E-state index contributed by atoms with van der Waals surface area (Å²) in [5.41, 5.74) is -0.337. The molecule has 2 rings (SSSR count). The topological polar surface area (TPSA) is 93.7 Å². The second-order valence-electron chi connectivity index (χ2n) is 4.73. The lowest BCUT2D eigenvalue weighted by molar-refractivity contribution is -0.123. The zero-order chi connectivity index (χ0) is 18.2. The molecule has 0 saturated carbocycles. The van der Waals surface area contributed by atoms with E-state index in [2.05, 4.69) is 10.1 Å². The van der Waals surface area contributed by atoms with Crippen LogP contribution in [0.2, 0.25) is 0 Å². The van der Waals surface area contributed by atoms with Gasteiger partial charge < -0.3 is 14.8 Å². The van der Waals surface area contributed by atoms with Crippen molar-refractivity contribution in [3.05, 3.63) is 52.0 Å². The van der Waals surface area contributed by atoms with Crippen molar-refractivity contribution in [1.29, 1.82) is 0 Å². The number of thiophene rings is 1. The van der Waals surface area contributed by atoms with Gasteiger partial charge in [-0.05, 0) is 23.6 Å². The standard InChI is InChI=1S/C16H15FN2O5S/c1-23-10-4-5-12(13(17)7-10)15(21)24-9-14(20)19-16(22)18-8-11-3-2-6-25-11/h2-7H,8-9H2,1H3,(H2,18,19,20,22). The molecule has 0 fully saturated rings. The number of esters is 1. The number of benzene rings is 1. The SMILES string of the molecule is COc1ccc(C(=O)OCC(=O)NC(=O)NCc2cccs2)c(F)c1. The second-order valence-corrected chi connectivity index (χ2v) is 5.76. The van der Waals surface area contributed by atoms with Gasteiger partial charge in [-0.15, -0.1) is 11.3 Å². The van der Waals surface area contributed by atoms with Crippen molar-refractivity contribution < 1.29 is 28.2 Å². The van der Waals surface area contributed by atoms with Gasteiger partial charge in [0.25, 0.3) is 5.91 Å². The monoisotopic (exact) mass is 366 g/mol. The first-order chi connectivity index (χ1) is 12.0. The number of ether oxygens (including phenoxy) is 2. The highest BCUT2D eigenvalue weighted by Gasteiger charge is 2.16. The molecule has 0 aliphatic rings. The Balaban J connectivity index is 1.77. The minimum atomic E-state index is -1.02. The van der Waals surface area contributed by atoms with Crippen LogP contribution in [-0.4, -0.2) is 31.6 Å². The van der Waals surface area contributed by atoms with Crippen molar-refractivity contribution in [2.45, 2.75) is 6.54 Å². The summed E-state index contributed by atoms with van der Waals surface area (Å²) in [4.78, 5) is 35.8. The number of carbonyl (C=O) groups excluding carboxylic acids is 3. The van der Waals surface area contributed by atoms with E-state index in [1.165, 1.54) is 30.6 Å². The molecule has 0 atom stereocenters. The molecule has 9 heteroatoms. The number of rotatable bonds is 6. The first-order valence-corrected chi connectivity index (χ1v) is 7.98. The maximum absolute atomic E-state index is 13.7. The first-order valence-electron chi connectivity index (χ1n) is 7.10. The minimum absolute atomic E-state index is 0.245. The first kappa shape index (κ1) is 18.4. The van der Waals surface area contributed by atoms with Gasteiger partial charge >= 0.3 is 12.0 Å². The second kappa shape index (κ2) is 8.78. The average molecular weight is 366 g/mol. The maximum atomic E-state index is 13.7. The molecule has 0 bridgehead atoms. The highest BCUT2D eigenvalue weighted by Crippen LogP contribution is 2.16. The fourth-order valence-electron chi connectivity index (χ4n) is 1.78. The van der Waals surface area contributed by atoms with E-state index in [4.69, 9.17) is 4.74 Å². The number of nitrogens with one attached hydrogen (secondary N) is 2. The predicted molar refractivity (Wildman–Crippen MR) is 87.9 cm³/mol. The Morgan fingerprint density at radius 2 is 2.04 bits per heavy atom. The van der Waals surface area contributed by atoms with Crippen molar-refractivity contribution in [2.24, 2.45) is 0 Å². The number of urea groups is 1. The van der Waals surface area contributed by atoms with Crippen molar-refractivity contribution in [1.82, 2.24) is 10.6 Å². The highest BCUT2D eigenvalue weighted by molar-refractivity contribution is 7.09. The zero-order valence-electron chi connectivity index (χ0n) is 13.2. The van der Waals surface area contributed by atoms with Crippen LogP contribution in [0.15, 0.2) is 35.7 Å². The Hall–Kier alpha value is -2.94. The third-order valence-corrected chi connectivity index (χ3v) is 3.86. The van der Waals surface area contributed by atoms with Gasteiger partial charge in [0.05, 0.1) is 19.2 Å². The molecular weight excluding hydrogens is 351 g/mol. The zero-order valence-corrected chi connectivity index (χ0v) is 14.0. The molecule has 0 radical (unpaired) electrons. The summed E-state index contributed by atoms with van der Waals surface area (Å²) in [5, 5.41) is 6.35. The third-order valence-electron chi connectivity index (χ3n) is 2.99. The van der Waals surface area contributed by atoms with Crippen molar-refractivity contribution in [2.75, 3.05) is 13.7 Å². The molecule has 132 valence electrons. The molecule has 1 aromatic carbocycles. The molecule has 25 heavy (non-hydrogen) atoms. The lowest BCUT2D eigenvalue weighted by atomic mass is 10.2. The van der Waals surface area contributed by atoms with Gasteiger partial charge in [-0.3, -0.25) is 10.1 Å². The van der Waals surface area contributed by atoms with E-state index in [-0.39, 0.29) is 17.9 Å². The van der Waals surface area contributed by atoms with Gasteiger partial charge in [0, 0.05) is 10.9 Å². The summed E-state index contributed by atoms with van der Waals surface area (Å²) < 4.78 is 23.2. The molecule has 0 saturated heterocycles. The molecule has 1 heterocycles. The number of amides is 3. The Bertz CT molecular complexity index is 764. The van der Waals surface area contributed by atoms with Crippen LogP contribution in [-0.2, 0) is 16.1 Å². The van der Waals surface area contributed by atoms with Gasteiger partial charge in [-0.25, -0.2) is 14.0 Å². The molecular formula is C16H15FN2O5S. The quantitative estimate of drug-likeness (QED) is 0.764. The van der Waals surface area contributed by atoms with E-state index < -0.39 is 30.3 Å². The summed E-state index contributed by atoms with van der Waals surface area (Å²) in [6.07, 6.45) is 0. The van der Waals surface area contributed by atoms with E-state index in [0.29, 0.717) is 0 Å². The summed E-state index contributed by atoms with van der Waals surface area (Å²) in [6, 6.07) is 6.54. The Morgan fingerprint density at radius 3 is 2.68 bits per heavy atom. The van der Waals surface area contributed by atoms with Gasteiger partial charge in [0.2, 0.25) is 0 Å². The van der Waals surface area contributed by atoms with Crippen LogP contribution < -0.4 is 15.4 Å². The lowest BCUT2D eigenvalue weighted by Gasteiger charge is -2.08. The van der Waals surface area contributed by atoms with Gasteiger partial charge in [0.1, 0.15) is 11.6 Å². The number of imide groups is 1. The maximum Gasteiger partial charge on any atom is 0.341 e. The normalized spacial score (nSPS) is 10.0. The summed E-state index contributed by atoms with van der Waals surface area (Å²) in [7, 11) is 1.36.